The van der Waals surface area contributed by atoms with Crippen LogP contribution in [0, 0.1) is 0 Å². The van der Waals surface area contributed by atoms with Gasteiger partial charge in [-0.3, -0.25) is 4.79 Å². The molecule has 0 saturated heterocycles. The van der Waals surface area contributed by atoms with Crippen molar-refractivity contribution in [3.63, 3.8) is 0 Å². The fourth-order valence-electron chi connectivity index (χ4n) is 1.94. The van der Waals surface area contributed by atoms with Crippen LogP contribution in [0.5, 0.6) is 5.75 Å². The summed E-state index contributed by atoms with van der Waals surface area (Å²) in [7, 11) is 1.25. The molecular weight excluding hydrogens is 330 g/mol. The molecule has 0 saturated carbocycles. The van der Waals surface area contributed by atoms with Gasteiger partial charge in [0, 0.05) is 0 Å². The van der Waals surface area contributed by atoms with Gasteiger partial charge < -0.3 is 24.6 Å². The number of esters is 1. The Hall–Kier alpha value is -2.77. The maximum absolute atomic E-state index is 11.8. The normalized spacial score (nSPS) is 11.3. The summed E-state index contributed by atoms with van der Waals surface area (Å²) in [6.07, 6.45) is 0.614. The highest BCUT2D eigenvalue weighted by atomic mass is 16.6. The van der Waals surface area contributed by atoms with Crippen molar-refractivity contribution >= 4 is 18.0 Å². The topological polar surface area (TPSA) is 111 Å². The first-order chi connectivity index (χ1) is 12.0. The van der Waals surface area contributed by atoms with Gasteiger partial charge in [-0.1, -0.05) is 25.5 Å². The van der Waals surface area contributed by atoms with Crippen molar-refractivity contribution in [2.24, 2.45) is 0 Å². The Balaban J connectivity index is 2.78. The quantitative estimate of drug-likeness (QED) is 0.490. The van der Waals surface area contributed by atoms with Gasteiger partial charge in [-0.25, -0.2) is 9.59 Å². The van der Waals surface area contributed by atoms with Gasteiger partial charge in [-0.05, 0) is 24.1 Å². The van der Waals surface area contributed by atoms with Gasteiger partial charge in [0.05, 0.1) is 26.2 Å². The number of methoxy groups -OCH3 is 1. The fourth-order valence-corrected chi connectivity index (χ4v) is 1.94. The summed E-state index contributed by atoms with van der Waals surface area (Å²) in [6, 6.07) is 5.69. The van der Waals surface area contributed by atoms with Crippen LogP contribution in [0.4, 0.5) is 4.79 Å². The first-order valence-corrected chi connectivity index (χ1v) is 7.91. The van der Waals surface area contributed by atoms with Gasteiger partial charge in [-0.15, -0.1) is 0 Å². The number of carbonyl (C=O) groups is 3. The molecule has 1 amide bonds. The minimum Gasteiger partial charge on any atom is -0.482 e. The predicted octanol–water partition coefficient (Wildman–Crippen LogP) is 2.28. The third-order valence-electron chi connectivity index (χ3n) is 3.25. The van der Waals surface area contributed by atoms with Crippen molar-refractivity contribution in [3.05, 3.63) is 29.8 Å². The molecule has 0 aliphatic heterocycles. The molecule has 0 aliphatic rings. The number of hydrogen-bond acceptors (Lipinski definition) is 6. The monoisotopic (exact) mass is 353 g/mol. The van der Waals surface area contributed by atoms with E-state index in [0.29, 0.717) is 11.3 Å². The molecule has 138 valence electrons. The number of aliphatic carboxylic acids is 1. The van der Waals surface area contributed by atoms with Gasteiger partial charge in [0.15, 0.2) is 6.61 Å². The van der Waals surface area contributed by atoms with Crippen molar-refractivity contribution in [2.75, 3.05) is 20.3 Å². The lowest BCUT2D eigenvalue weighted by Gasteiger charge is -2.18. The number of hydrogen-bond donors (Lipinski definition) is 2. The van der Waals surface area contributed by atoms with E-state index in [1.165, 1.54) is 7.11 Å². The average Bonchev–Trinajstić information content (AvgIpc) is 2.59. The molecule has 0 heterocycles. The van der Waals surface area contributed by atoms with Gasteiger partial charge in [0.1, 0.15) is 5.75 Å². The van der Waals surface area contributed by atoms with Crippen LogP contribution in [0.3, 0.4) is 0 Å². The highest BCUT2D eigenvalue weighted by Crippen LogP contribution is 2.22. The number of carboxylic acid groups (broad SMARTS) is 1. The predicted molar refractivity (Wildman–Crippen MR) is 88.3 cm³/mol. The zero-order valence-corrected chi connectivity index (χ0v) is 14.3. The molecule has 1 rings (SSSR count). The maximum Gasteiger partial charge on any atom is 0.407 e. The third-order valence-corrected chi connectivity index (χ3v) is 3.25. The largest absolute Gasteiger partial charge is 0.482 e. The molecule has 1 aromatic rings. The molecule has 0 fully saturated rings. The maximum atomic E-state index is 11.8. The van der Waals surface area contributed by atoms with Crippen molar-refractivity contribution in [2.45, 2.75) is 32.2 Å². The molecule has 0 aromatic heterocycles. The lowest BCUT2D eigenvalue weighted by atomic mass is 10.0. The fraction of sp³-hybridized carbons (Fsp3) is 0.471. The lowest BCUT2D eigenvalue weighted by Crippen LogP contribution is -2.31. The SMILES string of the molecule is CCCCOC(=O)NC(CC(=O)O)c1cccc(OCC(=O)OC)c1. The van der Waals surface area contributed by atoms with E-state index in [2.05, 4.69) is 10.1 Å². The summed E-state index contributed by atoms with van der Waals surface area (Å²) in [4.78, 5) is 34.0. The number of alkyl carbamates (subject to hydrolysis) is 1. The molecule has 8 nitrogen and oxygen atoms in total. The number of benzene rings is 1. The van der Waals surface area contributed by atoms with Crippen LogP contribution in [0.15, 0.2) is 24.3 Å². The molecule has 1 aromatic carbocycles. The number of amides is 1. The summed E-state index contributed by atoms with van der Waals surface area (Å²) >= 11 is 0. The highest BCUT2D eigenvalue weighted by molar-refractivity contribution is 5.72. The van der Waals surface area contributed by atoms with Crippen LogP contribution in [-0.2, 0) is 19.1 Å². The van der Waals surface area contributed by atoms with Crippen LogP contribution < -0.4 is 10.1 Å². The second-order valence-corrected chi connectivity index (χ2v) is 5.22. The van der Waals surface area contributed by atoms with E-state index in [-0.39, 0.29) is 19.6 Å². The Morgan fingerprint density at radius 3 is 2.68 bits per heavy atom. The van der Waals surface area contributed by atoms with Crippen LogP contribution in [0.25, 0.3) is 0 Å². The van der Waals surface area contributed by atoms with E-state index in [9.17, 15) is 14.4 Å². The van der Waals surface area contributed by atoms with Crippen molar-refractivity contribution in [3.8, 4) is 5.75 Å². The molecule has 0 radical (unpaired) electrons. The Morgan fingerprint density at radius 1 is 1.28 bits per heavy atom. The summed E-state index contributed by atoms with van der Waals surface area (Å²) in [5.74, 6) is -1.25. The number of carbonyl (C=O) groups excluding carboxylic acids is 2. The first-order valence-electron chi connectivity index (χ1n) is 7.91. The summed E-state index contributed by atoms with van der Waals surface area (Å²) in [6.45, 7) is 1.97. The molecule has 0 spiro atoms. The summed E-state index contributed by atoms with van der Waals surface area (Å²) in [5, 5.41) is 11.6. The van der Waals surface area contributed by atoms with Gasteiger partial charge in [0.2, 0.25) is 0 Å². The molecule has 1 atom stereocenters. The minimum absolute atomic E-state index is 0.268. The third kappa shape index (κ3) is 8.05. The Bertz CT molecular complexity index is 588. The molecule has 0 aliphatic carbocycles. The van der Waals surface area contributed by atoms with Gasteiger partial charge >= 0.3 is 18.0 Å². The second-order valence-electron chi connectivity index (χ2n) is 5.22. The number of carboxylic acids is 1. The van der Waals surface area contributed by atoms with Gasteiger partial charge in [-0.2, -0.15) is 0 Å². The highest BCUT2D eigenvalue weighted by Gasteiger charge is 2.19. The van der Waals surface area contributed by atoms with Crippen molar-refractivity contribution in [1.29, 1.82) is 0 Å². The molecule has 0 bridgehead atoms. The average molecular weight is 353 g/mol. The van der Waals surface area contributed by atoms with E-state index < -0.39 is 24.1 Å². The number of rotatable bonds is 10. The molecule has 25 heavy (non-hydrogen) atoms. The number of unbranched alkanes of at least 4 members (excludes halogenated alkanes) is 1. The number of ether oxygens (including phenoxy) is 3. The van der Waals surface area contributed by atoms with E-state index in [0.717, 1.165) is 12.8 Å². The van der Waals surface area contributed by atoms with Crippen LogP contribution in [0.2, 0.25) is 0 Å². The Morgan fingerprint density at radius 2 is 2.04 bits per heavy atom. The molecule has 8 heteroatoms. The standard InChI is InChI=1S/C17H23NO7/c1-3-4-8-24-17(22)18-14(10-15(19)20)12-6-5-7-13(9-12)25-11-16(21)23-2/h5-7,9,14H,3-4,8,10-11H2,1-2H3,(H,18,22)(H,19,20). The van der Waals surface area contributed by atoms with E-state index in [1.54, 1.807) is 24.3 Å². The van der Waals surface area contributed by atoms with E-state index in [1.807, 2.05) is 6.92 Å². The first kappa shape index (κ1) is 20.3. The molecule has 2 N–H and O–H groups in total. The second kappa shape index (κ2) is 10.9. The van der Waals surface area contributed by atoms with Crippen LogP contribution >= 0.6 is 0 Å². The Kier molecular flexibility index (Phi) is 8.84. The zero-order valence-electron chi connectivity index (χ0n) is 14.3. The van der Waals surface area contributed by atoms with Crippen molar-refractivity contribution < 1.29 is 33.7 Å². The van der Waals surface area contributed by atoms with Crippen LogP contribution in [-0.4, -0.2) is 43.5 Å². The minimum atomic E-state index is -1.07. The van der Waals surface area contributed by atoms with E-state index >= 15 is 0 Å². The Labute approximate surface area is 146 Å². The molecular formula is C17H23NO7. The zero-order chi connectivity index (χ0) is 18.7. The van der Waals surface area contributed by atoms with E-state index in [4.69, 9.17) is 14.6 Å². The van der Waals surface area contributed by atoms with Crippen LogP contribution in [0.1, 0.15) is 37.8 Å². The summed E-state index contributed by atoms with van der Waals surface area (Å²) < 4.78 is 14.8. The molecule has 1 unspecified atom stereocenters. The summed E-state index contributed by atoms with van der Waals surface area (Å²) in [5.41, 5.74) is 0.525. The lowest BCUT2D eigenvalue weighted by molar-refractivity contribution is -0.143. The smallest absolute Gasteiger partial charge is 0.407 e. The van der Waals surface area contributed by atoms with Gasteiger partial charge in [0.25, 0.3) is 0 Å². The van der Waals surface area contributed by atoms with Crippen molar-refractivity contribution in [1.82, 2.24) is 5.32 Å². The number of nitrogens with one attached hydrogen (secondary N) is 1.